The lowest BCUT2D eigenvalue weighted by Gasteiger charge is -2.45. The molecule has 6 rings (SSSR count). The highest BCUT2D eigenvalue weighted by Crippen LogP contribution is 2.38. The van der Waals surface area contributed by atoms with Crippen LogP contribution in [0.1, 0.15) is 33.6 Å². The predicted octanol–water partition coefficient (Wildman–Crippen LogP) is 4.75. The number of hydrogen-bond acceptors (Lipinski definition) is 6. The molecule has 2 aliphatic heterocycles. The van der Waals surface area contributed by atoms with Crippen molar-refractivity contribution in [1.29, 1.82) is 0 Å². The Hall–Kier alpha value is -4.72. The Morgan fingerprint density at radius 3 is 1.59 bits per heavy atom. The average molecular weight is 519 g/mol. The second kappa shape index (κ2) is 10.2. The van der Waals surface area contributed by atoms with Gasteiger partial charge >= 0.3 is 0 Å². The van der Waals surface area contributed by atoms with E-state index < -0.39 is 0 Å². The van der Waals surface area contributed by atoms with Crippen molar-refractivity contribution in [3.05, 3.63) is 106 Å². The van der Waals surface area contributed by atoms with Gasteiger partial charge < -0.3 is 20.4 Å². The molecule has 39 heavy (non-hydrogen) atoms. The van der Waals surface area contributed by atoms with Crippen LogP contribution >= 0.6 is 0 Å². The molecule has 8 heteroatoms. The van der Waals surface area contributed by atoms with Crippen molar-refractivity contribution in [2.24, 2.45) is 0 Å². The third-order valence-electron chi connectivity index (χ3n) is 7.07. The molecule has 0 fully saturated rings. The van der Waals surface area contributed by atoms with Crippen LogP contribution in [0.5, 0.6) is 0 Å². The molecule has 2 aromatic carbocycles. The third kappa shape index (κ3) is 5.45. The number of fused-ring (bicyclic) bond motifs is 6. The van der Waals surface area contributed by atoms with Crippen molar-refractivity contribution >= 4 is 34.8 Å². The summed E-state index contributed by atoms with van der Waals surface area (Å²) in [5.74, 6) is 0.990. The van der Waals surface area contributed by atoms with E-state index in [2.05, 4.69) is 54.7 Å². The lowest BCUT2D eigenvalue weighted by atomic mass is 9.97. The number of aryl methyl sites for hydroxylation is 2. The number of benzene rings is 2. The van der Waals surface area contributed by atoms with Gasteiger partial charge in [-0.05, 0) is 72.5 Å². The minimum absolute atomic E-state index is 0.0789. The Morgan fingerprint density at radius 2 is 1.15 bits per heavy atom. The summed E-state index contributed by atoms with van der Waals surface area (Å²) >= 11 is 0. The highest BCUT2D eigenvalue weighted by Gasteiger charge is 2.29. The Balaban J connectivity index is 1.13. The Morgan fingerprint density at radius 1 is 0.692 bits per heavy atom. The number of carbonyl (C=O) groups excluding carboxylic acids is 2. The molecule has 2 aromatic heterocycles. The molecule has 4 aromatic rings. The zero-order chi connectivity index (χ0) is 26.9. The normalized spacial score (nSPS) is 13.4. The molecule has 0 atom stereocenters. The maximum absolute atomic E-state index is 12.6. The molecule has 0 radical (unpaired) electrons. The van der Waals surface area contributed by atoms with E-state index in [4.69, 9.17) is 0 Å². The standard InChI is InChI=1S/C31H30N6O2/c1-20-5-3-7-28(32-20)34-30(38)15-22-9-11-26-24(13-22)17-36-19-37(26)18-25-14-23(10-12-27(25)36)16-31(39)35-29-8-4-6-21(2)33-29/h3-14H,15-19H2,1-2H3,(H,32,34,38)(H,33,35,39). The van der Waals surface area contributed by atoms with Crippen LogP contribution in [0.3, 0.4) is 0 Å². The molecule has 4 heterocycles. The topological polar surface area (TPSA) is 90.5 Å². The van der Waals surface area contributed by atoms with Gasteiger partial charge in [-0.1, -0.05) is 36.4 Å². The van der Waals surface area contributed by atoms with Crippen molar-refractivity contribution in [3.8, 4) is 0 Å². The SMILES string of the molecule is Cc1cccc(NC(=O)Cc2ccc3c(c2)CN2CN3Cc3cc(CC(=O)Nc4cccc(C)n4)ccc32)n1. The van der Waals surface area contributed by atoms with Gasteiger partial charge in [0.15, 0.2) is 0 Å². The summed E-state index contributed by atoms with van der Waals surface area (Å²) in [7, 11) is 0. The summed E-state index contributed by atoms with van der Waals surface area (Å²) in [6, 6.07) is 23.8. The maximum atomic E-state index is 12.6. The molecule has 2 aliphatic rings. The molecular weight excluding hydrogens is 488 g/mol. The monoisotopic (exact) mass is 518 g/mol. The molecule has 0 saturated carbocycles. The fourth-order valence-corrected chi connectivity index (χ4v) is 5.38. The van der Waals surface area contributed by atoms with Crippen LogP contribution in [0.15, 0.2) is 72.8 Å². The first kappa shape index (κ1) is 24.6. The van der Waals surface area contributed by atoms with E-state index in [1.165, 1.54) is 22.5 Å². The zero-order valence-corrected chi connectivity index (χ0v) is 22.1. The van der Waals surface area contributed by atoms with Crippen LogP contribution < -0.4 is 20.4 Å². The van der Waals surface area contributed by atoms with Gasteiger partial charge in [0.05, 0.1) is 19.5 Å². The summed E-state index contributed by atoms with van der Waals surface area (Å²) in [4.78, 5) is 38.7. The first-order chi connectivity index (χ1) is 18.9. The summed E-state index contributed by atoms with van der Waals surface area (Å²) in [5.41, 5.74) is 8.49. The van der Waals surface area contributed by atoms with E-state index in [-0.39, 0.29) is 11.8 Å². The molecular formula is C31H30N6O2. The fraction of sp³-hybridized carbons (Fsp3) is 0.226. The number of anilines is 4. The van der Waals surface area contributed by atoms with E-state index in [1.54, 1.807) is 12.1 Å². The molecule has 196 valence electrons. The molecule has 8 nitrogen and oxygen atoms in total. The third-order valence-corrected chi connectivity index (χ3v) is 7.07. The van der Waals surface area contributed by atoms with Crippen LogP contribution in [0.2, 0.25) is 0 Å². The van der Waals surface area contributed by atoms with Gasteiger partial charge in [0.2, 0.25) is 11.8 Å². The number of rotatable bonds is 6. The van der Waals surface area contributed by atoms with Crippen molar-refractivity contribution in [2.45, 2.75) is 39.8 Å². The number of carbonyl (C=O) groups is 2. The average Bonchev–Trinajstić information content (AvgIpc) is 2.88. The first-order valence-corrected chi connectivity index (χ1v) is 13.1. The van der Waals surface area contributed by atoms with E-state index in [0.717, 1.165) is 42.3 Å². The quantitative estimate of drug-likeness (QED) is 0.383. The second-order valence-electron chi connectivity index (χ2n) is 10.2. The summed E-state index contributed by atoms with van der Waals surface area (Å²) in [6.07, 6.45) is 0.589. The van der Waals surface area contributed by atoms with Crippen LogP contribution in [0.25, 0.3) is 0 Å². The van der Waals surface area contributed by atoms with Gasteiger partial charge in [-0.15, -0.1) is 0 Å². The fourth-order valence-electron chi connectivity index (χ4n) is 5.38. The highest BCUT2D eigenvalue weighted by molar-refractivity contribution is 5.92. The number of nitrogens with one attached hydrogen (secondary N) is 2. The van der Waals surface area contributed by atoms with E-state index in [0.29, 0.717) is 24.5 Å². The Kier molecular flexibility index (Phi) is 6.44. The smallest absolute Gasteiger partial charge is 0.229 e. The van der Waals surface area contributed by atoms with Gasteiger partial charge in [-0.3, -0.25) is 9.59 Å². The van der Waals surface area contributed by atoms with Gasteiger partial charge in [0, 0.05) is 35.9 Å². The Labute approximate surface area is 227 Å². The minimum atomic E-state index is -0.0789. The van der Waals surface area contributed by atoms with Gasteiger partial charge in [0.25, 0.3) is 0 Å². The van der Waals surface area contributed by atoms with E-state index in [1.807, 2.05) is 50.2 Å². The van der Waals surface area contributed by atoms with Crippen LogP contribution in [-0.2, 0) is 35.5 Å². The number of nitrogens with zero attached hydrogens (tertiary/aromatic N) is 4. The van der Waals surface area contributed by atoms with Crippen molar-refractivity contribution in [1.82, 2.24) is 9.97 Å². The number of aromatic nitrogens is 2. The van der Waals surface area contributed by atoms with Crippen LogP contribution in [0.4, 0.5) is 23.0 Å². The largest absolute Gasteiger partial charge is 0.349 e. The summed E-state index contributed by atoms with van der Waals surface area (Å²) < 4.78 is 0. The van der Waals surface area contributed by atoms with Crippen LogP contribution in [-0.4, -0.2) is 28.5 Å². The molecule has 0 unspecified atom stereocenters. The molecule has 2 amide bonds. The number of amides is 2. The minimum Gasteiger partial charge on any atom is -0.349 e. The molecule has 0 saturated heterocycles. The lowest BCUT2D eigenvalue weighted by molar-refractivity contribution is -0.116. The van der Waals surface area contributed by atoms with E-state index >= 15 is 0 Å². The highest BCUT2D eigenvalue weighted by atomic mass is 16.2. The molecule has 0 spiro atoms. The summed E-state index contributed by atoms with van der Waals surface area (Å²) in [6.45, 7) is 6.17. The van der Waals surface area contributed by atoms with Crippen molar-refractivity contribution in [2.75, 3.05) is 27.1 Å². The Bertz CT molecular complexity index is 1470. The predicted molar refractivity (Wildman–Crippen MR) is 153 cm³/mol. The van der Waals surface area contributed by atoms with Crippen LogP contribution in [0, 0.1) is 13.8 Å². The van der Waals surface area contributed by atoms with Gasteiger partial charge in [-0.2, -0.15) is 0 Å². The maximum Gasteiger partial charge on any atom is 0.229 e. The molecule has 2 N–H and O–H groups in total. The first-order valence-electron chi connectivity index (χ1n) is 13.1. The molecule has 2 bridgehead atoms. The number of hydrogen-bond donors (Lipinski definition) is 2. The lowest BCUT2D eigenvalue weighted by Crippen LogP contribution is -2.46. The summed E-state index contributed by atoms with van der Waals surface area (Å²) in [5, 5.41) is 5.79. The van der Waals surface area contributed by atoms with E-state index in [9.17, 15) is 9.59 Å². The van der Waals surface area contributed by atoms with Gasteiger partial charge in [0.1, 0.15) is 11.6 Å². The zero-order valence-electron chi connectivity index (χ0n) is 22.1. The van der Waals surface area contributed by atoms with Gasteiger partial charge in [-0.25, -0.2) is 9.97 Å². The van der Waals surface area contributed by atoms with Crippen molar-refractivity contribution in [3.63, 3.8) is 0 Å². The molecule has 0 aliphatic carbocycles. The van der Waals surface area contributed by atoms with Crippen molar-refractivity contribution < 1.29 is 9.59 Å². The number of pyridine rings is 2. The second-order valence-corrected chi connectivity index (χ2v) is 10.2.